The first-order valence-corrected chi connectivity index (χ1v) is 8.02. The lowest BCUT2D eigenvalue weighted by Crippen LogP contribution is -2.47. The Morgan fingerprint density at radius 2 is 2.05 bits per heavy atom. The summed E-state index contributed by atoms with van der Waals surface area (Å²) in [7, 11) is 0. The van der Waals surface area contributed by atoms with Crippen molar-refractivity contribution in [2.75, 3.05) is 57.4 Å². The number of benzene rings is 1. The van der Waals surface area contributed by atoms with E-state index < -0.39 is 0 Å². The highest BCUT2D eigenvalue weighted by Crippen LogP contribution is 2.40. The van der Waals surface area contributed by atoms with Crippen LogP contribution in [0.4, 0.5) is 5.69 Å². The number of para-hydroxylation sites is 1. The van der Waals surface area contributed by atoms with Crippen LogP contribution in [0.15, 0.2) is 18.2 Å². The minimum atomic E-state index is -0.268. The molecule has 3 N–H and O–H groups in total. The summed E-state index contributed by atoms with van der Waals surface area (Å²) in [5.41, 5.74) is 6.67. The lowest BCUT2D eigenvalue weighted by molar-refractivity contribution is 0.0459. The van der Waals surface area contributed by atoms with Gasteiger partial charge in [-0.3, -0.25) is 4.90 Å². The highest BCUT2D eigenvalue weighted by atomic mass is 16.6. The SMILES string of the molecule is NCCCN1CCN(c2cccc3c2OCC(CO)O3)CC1. The Balaban J connectivity index is 1.66. The summed E-state index contributed by atoms with van der Waals surface area (Å²) >= 11 is 0. The number of hydrogen-bond donors (Lipinski definition) is 2. The average Bonchev–Trinajstić information content (AvgIpc) is 2.59. The van der Waals surface area contributed by atoms with Crippen LogP contribution in [-0.2, 0) is 0 Å². The first-order chi connectivity index (χ1) is 10.8. The van der Waals surface area contributed by atoms with E-state index in [2.05, 4.69) is 15.9 Å². The molecule has 0 radical (unpaired) electrons. The van der Waals surface area contributed by atoms with Gasteiger partial charge in [0.15, 0.2) is 17.6 Å². The predicted octanol–water partition coefficient (Wildman–Crippen LogP) is 0.290. The van der Waals surface area contributed by atoms with E-state index in [0.717, 1.165) is 62.9 Å². The third kappa shape index (κ3) is 3.29. The third-order valence-electron chi connectivity index (χ3n) is 4.26. The van der Waals surface area contributed by atoms with E-state index >= 15 is 0 Å². The molecule has 1 atom stereocenters. The van der Waals surface area contributed by atoms with Crippen molar-refractivity contribution >= 4 is 5.69 Å². The molecule has 1 aromatic rings. The highest BCUT2D eigenvalue weighted by molar-refractivity contribution is 5.65. The van der Waals surface area contributed by atoms with E-state index in [1.54, 1.807) is 0 Å². The molecule has 0 bridgehead atoms. The number of anilines is 1. The summed E-state index contributed by atoms with van der Waals surface area (Å²) in [5.74, 6) is 1.54. The average molecular weight is 307 g/mol. The van der Waals surface area contributed by atoms with E-state index in [4.69, 9.17) is 15.2 Å². The van der Waals surface area contributed by atoms with Crippen molar-refractivity contribution in [3.63, 3.8) is 0 Å². The highest BCUT2D eigenvalue weighted by Gasteiger charge is 2.26. The molecule has 6 nitrogen and oxygen atoms in total. The zero-order valence-electron chi connectivity index (χ0n) is 12.9. The van der Waals surface area contributed by atoms with Crippen molar-refractivity contribution in [3.8, 4) is 11.5 Å². The minimum absolute atomic E-state index is 0.0243. The topological polar surface area (TPSA) is 71.2 Å². The Labute approximate surface area is 131 Å². The molecule has 2 aliphatic heterocycles. The van der Waals surface area contributed by atoms with Crippen molar-refractivity contribution < 1.29 is 14.6 Å². The van der Waals surface area contributed by atoms with Gasteiger partial charge in [0.2, 0.25) is 0 Å². The molecule has 1 aromatic carbocycles. The molecule has 0 amide bonds. The number of nitrogens with zero attached hydrogens (tertiary/aromatic N) is 2. The number of fused-ring (bicyclic) bond motifs is 1. The fourth-order valence-electron chi connectivity index (χ4n) is 3.00. The van der Waals surface area contributed by atoms with Gasteiger partial charge in [0.1, 0.15) is 6.61 Å². The Hall–Kier alpha value is -1.50. The molecular weight excluding hydrogens is 282 g/mol. The fourth-order valence-corrected chi connectivity index (χ4v) is 3.00. The zero-order chi connectivity index (χ0) is 15.4. The smallest absolute Gasteiger partial charge is 0.184 e. The first kappa shape index (κ1) is 15.4. The summed E-state index contributed by atoms with van der Waals surface area (Å²) < 4.78 is 11.6. The molecule has 0 aliphatic carbocycles. The molecular formula is C16H25N3O3. The molecule has 0 aromatic heterocycles. The number of nitrogens with two attached hydrogens (primary N) is 1. The van der Waals surface area contributed by atoms with Gasteiger partial charge in [0, 0.05) is 26.2 Å². The van der Waals surface area contributed by atoms with Gasteiger partial charge < -0.3 is 25.2 Å². The van der Waals surface area contributed by atoms with Gasteiger partial charge in [-0.15, -0.1) is 0 Å². The molecule has 2 heterocycles. The van der Waals surface area contributed by atoms with Gasteiger partial charge in [-0.1, -0.05) is 6.07 Å². The van der Waals surface area contributed by atoms with E-state index in [0.29, 0.717) is 6.61 Å². The second-order valence-corrected chi connectivity index (χ2v) is 5.81. The number of ether oxygens (including phenoxy) is 2. The monoisotopic (exact) mass is 307 g/mol. The molecule has 6 heteroatoms. The van der Waals surface area contributed by atoms with Gasteiger partial charge in [-0.2, -0.15) is 0 Å². The second-order valence-electron chi connectivity index (χ2n) is 5.81. The number of aliphatic hydroxyl groups excluding tert-OH is 1. The molecule has 122 valence electrons. The van der Waals surface area contributed by atoms with Crippen molar-refractivity contribution in [1.29, 1.82) is 0 Å². The van der Waals surface area contributed by atoms with Crippen molar-refractivity contribution in [2.45, 2.75) is 12.5 Å². The van der Waals surface area contributed by atoms with Crippen LogP contribution in [0.5, 0.6) is 11.5 Å². The Morgan fingerprint density at radius 3 is 2.77 bits per heavy atom. The van der Waals surface area contributed by atoms with Gasteiger partial charge in [0.05, 0.1) is 12.3 Å². The molecule has 1 saturated heterocycles. The Bertz CT molecular complexity index is 490. The third-order valence-corrected chi connectivity index (χ3v) is 4.26. The maximum Gasteiger partial charge on any atom is 0.184 e. The summed E-state index contributed by atoms with van der Waals surface area (Å²) in [5, 5.41) is 9.20. The first-order valence-electron chi connectivity index (χ1n) is 8.02. The van der Waals surface area contributed by atoms with E-state index in [1.807, 2.05) is 12.1 Å². The van der Waals surface area contributed by atoms with Crippen LogP contribution >= 0.6 is 0 Å². The maximum atomic E-state index is 9.20. The van der Waals surface area contributed by atoms with Gasteiger partial charge >= 0.3 is 0 Å². The molecule has 2 aliphatic rings. The van der Waals surface area contributed by atoms with Crippen LogP contribution in [-0.4, -0.2) is 68.6 Å². The normalized spacial score (nSPS) is 21.9. The summed E-state index contributed by atoms with van der Waals surface area (Å²) in [4.78, 5) is 4.80. The molecule has 1 unspecified atom stereocenters. The zero-order valence-corrected chi connectivity index (χ0v) is 12.9. The second kappa shape index (κ2) is 7.17. The van der Waals surface area contributed by atoms with Crippen molar-refractivity contribution in [2.24, 2.45) is 5.73 Å². The summed E-state index contributed by atoms with van der Waals surface area (Å²) in [6.45, 7) is 6.26. The Kier molecular flexibility index (Phi) is 5.02. The van der Waals surface area contributed by atoms with Crippen LogP contribution in [0.3, 0.4) is 0 Å². The molecule has 1 fully saturated rings. The van der Waals surface area contributed by atoms with Gasteiger partial charge in [-0.05, 0) is 31.6 Å². The fraction of sp³-hybridized carbons (Fsp3) is 0.625. The predicted molar refractivity (Wildman–Crippen MR) is 85.8 cm³/mol. The number of piperazine rings is 1. The summed E-state index contributed by atoms with van der Waals surface area (Å²) in [6, 6.07) is 5.97. The van der Waals surface area contributed by atoms with E-state index in [1.165, 1.54) is 0 Å². The van der Waals surface area contributed by atoms with E-state index in [-0.39, 0.29) is 12.7 Å². The number of hydrogen-bond acceptors (Lipinski definition) is 6. The van der Waals surface area contributed by atoms with Crippen LogP contribution in [0.25, 0.3) is 0 Å². The van der Waals surface area contributed by atoms with Gasteiger partial charge in [-0.25, -0.2) is 0 Å². The minimum Gasteiger partial charge on any atom is -0.484 e. The quantitative estimate of drug-likeness (QED) is 0.815. The largest absolute Gasteiger partial charge is 0.484 e. The van der Waals surface area contributed by atoms with Crippen LogP contribution < -0.4 is 20.1 Å². The Morgan fingerprint density at radius 1 is 1.23 bits per heavy atom. The standard InChI is InChI=1S/C16H25N3O3/c17-5-2-6-18-7-9-19(10-8-18)14-3-1-4-15-16(14)21-12-13(11-20)22-15/h1,3-4,13,20H,2,5-12,17H2. The van der Waals surface area contributed by atoms with Crippen LogP contribution in [0.1, 0.15) is 6.42 Å². The van der Waals surface area contributed by atoms with E-state index in [9.17, 15) is 5.11 Å². The lowest BCUT2D eigenvalue weighted by atomic mass is 10.2. The lowest BCUT2D eigenvalue weighted by Gasteiger charge is -2.37. The summed E-state index contributed by atoms with van der Waals surface area (Å²) in [6.07, 6.45) is 0.788. The van der Waals surface area contributed by atoms with Crippen molar-refractivity contribution in [3.05, 3.63) is 18.2 Å². The molecule has 0 saturated carbocycles. The van der Waals surface area contributed by atoms with Gasteiger partial charge in [0.25, 0.3) is 0 Å². The van der Waals surface area contributed by atoms with Crippen LogP contribution in [0.2, 0.25) is 0 Å². The number of aliphatic hydroxyl groups is 1. The van der Waals surface area contributed by atoms with Crippen molar-refractivity contribution in [1.82, 2.24) is 4.90 Å². The molecule has 0 spiro atoms. The maximum absolute atomic E-state index is 9.20. The van der Waals surface area contributed by atoms with Crippen LogP contribution in [0, 0.1) is 0 Å². The number of rotatable bonds is 5. The molecule has 22 heavy (non-hydrogen) atoms. The molecule has 3 rings (SSSR count).